The van der Waals surface area contributed by atoms with Gasteiger partial charge in [0.1, 0.15) is 5.00 Å². The summed E-state index contributed by atoms with van der Waals surface area (Å²) in [6.07, 6.45) is 1.83. The Hall–Kier alpha value is -5.32. The quantitative estimate of drug-likeness (QED) is 0.144. The van der Waals surface area contributed by atoms with Crippen LogP contribution in [0.4, 0.5) is 16.4 Å². The van der Waals surface area contributed by atoms with Gasteiger partial charge in [0.25, 0.3) is 0 Å². The van der Waals surface area contributed by atoms with E-state index in [0.717, 1.165) is 26.8 Å². The van der Waals surface area contributed by atoms with Gasteiger partial charge in [0, 0.05) is 21.6 Å². The number of carbonyl (C=O) groups is 2. The standard InChI is InChI=1S/C42H29NO2S/c1-24-20-25(2)38(26(3)21-24)43-37-19-11-10-18-35(37)42(33-16-8-6-12-28(33)29-13-7-9-17-34(29)42)36-23-27(46-41(36)43)22-32-39(44)30-14-4-5-15-31(30)40(32)45/h4-23H,1-3H3. The summed E-state index contributed by atoms with van der Waals surface area (Å²) in [6, 6.07) is 40.2. The minimum absolute atomic E-state index is 0.205. The van der Waals surface area contributed by atoms with Crippen LogP contribution in [0.2, 0.25) is 0 Å². The Morgan fingerprint density at radius 3 is 1.67 bits per heavy atom. The molecule has 46 heavy (non-hydrogen) atoms. The highest BCUT2D eigenvalue weighted by atomic mass is 32.1. The average Bonchev–Trinajstić information content (AvgIpc) is 3.69. The zero-order valence-corrected chi connectivity index (χ0v) is 26.5. The maximum atomic E-state index is 13.5. The van der Waals surface area contributed by atoms with E-state index in [0.29, 0.717) is 11.1 Å². The molecule has 0 saturated heterocycles. The molecule has 1 aromatic heterocycles. The molecule has 0 N–H and O–H groups in total. The van der Waals surface area contributed by atoms with E-state index in [1.807, 2.05) is 18.2 Å². The number of thiophene rings is 1. The highest BCUT2D eigenvalue weighted by Gasteiger charge is 2.52. The van der Waals surface area contributed by atoms with E-state index in [9.17, 15) is 9.59 Å². The summed E-state index contributed by atoms with van der Waals surface area (Å²) in [4.78, 5) is 30.3. The summed E-state index contributed by atoms with van der Waals surface area (Å²) in [5.41, 5.74) is 13.9. The van der Waals surface area contributed by atoms with Crippen LogP contribution in [-0.2, 0) is 5.41 Å². The Morgan fingerprint density at radius 2 is 1.09 bits per heavy atom. The zero-order valence-electron chi connectivity index (χ0n) is 25.7. The summed E-state index contributed by atoms with van der Waals surface area (Å²) in [7, 11) is 0. The van der Waals surface area contributed by atoms with Gasteiger partial charge in [0.05, 0.1) is 22.4 Å². The number of fused-ring (bicyclic) bond motifs is 10. The van der Waals surface area contributed by atoms with Crippen LogP contribution in [0.3, 0.4) is 0 Å². The van der Waals surface area contributed by atoms with Crippen molar-refractivity contribution in [3.63, 3.8) is 0 Å². The lowest BCUT2D eigenvalue weighted by Crippen LogP contribution is -2.35. The first kappa shape index (κ1) is 27.0. The third-order valence-corrected chi connectivity index (χ3v) is 11.0. The number of anilines is 3. The fraction of sp³-hybridized carbons (Fsp3) is 0.0952. The van der Waals surface area contributed by atoms with Crippen LogP contribution in [0.15, 0.2) is 121 Å². The number of benzene rings is 5. The molecule has 5 aromatic carbocycles. The van der Waals surface area contributed by atoms with Crippen molar-refractivity contribution in [3.05, 3.63) is 176 Å². The second-order valence-corrected chi connectivity index (χ2v) is 13.6. The van der Waals surface area contributed by atoms with E-state index >= 15 is 0 Å². The van der Waals surface area contributed by atoms with Crippen LogP contribution >= 0.6 is 11.3 Å². The lowest BCUT2D eigenvalue weighted by Gasteiger charge is -2.44. The number of allylic oxidation sites excluding steroid dienone is 1. The molecule has 0 bridgehead atoms. The number of hydrogen-bond donors (Lipinski definition) is 0. The predicted molar refractivity (Wildman–Crippen MR) is 187 cm³/mol. The van der Waals surface area contributed by atoms with E-state index < -0.39 is 5.41 Å². The molecule has 0 radical (unpaired) electrons. The fourth-order valence-electron chi connectivity index (χ4n) is 8.25. The molecular formula is C42H29NO2S. The largest absolute Gasteiger partial charge is 0.301 e. The van der Waals surface area contributed by atoms with Crippen molar-refractivity contribution in [3.8, 4) is 11.1 Å². The molecule has 0 unspecified atom stereocenters. The number of carbonyl (C=O) groups excluding carboxylic acids is 2. The van der Waals surface area contributed by atoms with E-state index in [1.165, 1.54) is 44.5 Å². The summed E-state index contributed by atoms with van der Waals surface area (Å²) in [5.74, 6) is -0.410. The van der Waals surface area contributed by atoms with Gasteiger partial charge in [0.2, 0.25) is 0 Å². The smallest absolute Gasteiger partial charge is 0.197 e. The van der Waals surface area contributed by atoms with Crippen LogP contribution in [0.1, 0.15) is 64.5 Å². The maximum absolute atomic E-state index is 13.5. The minimum Gasteiger partial charge on any atom is -0.301 e. The van der Waals surface area contributed by atoms with Gasteiger partial charge in [-0.25, -0.2) is 0 Å². The molecule has 1 spiro atoms. The van der Waals surface area contributed by atoms with Gasteiger partial charge in [-0.3, -0.25) is 9.59 Å². The molecule has 220 valence electrons. The molecule has 2 heterocycles. The maximum Gasteiger partial charge on any atom is 0.197 e. The first-order chi connectivity index (χ1) is 22.4. The molecule has 2 aliphatic carbocycles. The SMILES string of the molecule is Cc1cc(C)c(N2c3ccccc3C3(c4ccccc4-c4ccccc43)c3cc(C=C4C(=O)c5ccccc5C4=O)sc32)c(C)c1. The van der Waals surface area contributed by atoms with Crippen LogP contribution < -0.4 is 4.90 Å². The highest BCUT2D eigenvalue weighted by molar-refractivity contribution is 7.17. The molecule has 0 saturated carbocycles. The van der Waals surface area contributed by atoms with Crippen LogP contribution in [0, 0.1) is 20.8 Å². The minimum atomic E-state index is -0.567. The lowest BCUT2D eigenvalue weighted by atomic mass is 9.66. The Balaban J connectivity index is 1.38. The van der Waals surface area contributed by atoms with Crippen LogP contribution in [-0.4, -0.2) is 11.6 Å². The molecule has 3 aliphatic rings. The van der Waals surface area contributed by atoms with Crippen molar-refractivity contribution in [2.24, 2.45) is 0 Å². The lowest BCUT2D eigenvalue weighted by molar-refractivity contribution is 0.0990. The first-order valence-electron chi connectivity index (χ1n) is 15.6. The molecule has 3 nitrogen and oxygen atoms in total. The third-order valence-electron chi connectivity index (χ3n) is 9.89. The van der Waals surface area contributed by atoms with Gasteiger partial charge in [-0.1, -0.05) is 109 Å². The number of rotatable bonds is 2. The normalized spacial score (nSPS) is 15.0. The molecule has 4 heteroatoms. The van der Waals surface area contributed by atoms with Gasteiger partial charge < -0.3 is 4.90 Å². The second kappa shape index (κ2) is 9.59. The molecule has 9 rings (SSSR count). The van der Waals surface area contributed by atoms with Crippen LogP contribution in [0.5, 0.6) is 0 Å². The van der Waals surface area contributed by atoms with Crippen molar-refractivity contribution in [1.29, 1.82) is 0 Å². The fourth-order valence-corrected chi connectivity index (χ4v) is 9.43. The Morgan fingerprint density at radius 1 is 0.587 bits per heavy atom. The van der Waals surface area contributed by atoms with E-state index in [1.54, 1.807) is 23.5 Å². The Labute approximate surface area is 272 Å². The zero-order chi connectivity index (χ0) is 31.3. The van der Waals surface area contributed by atoms with Crippen LogP contribution in [0.25, 0.3) is 17.2 Å². The van der Waals surface area contributed by atoms with Gasteiger partial charge in [0.15, 0.2) is 11.6 Å². The number of aryl methyl sites for hydroxylation is 3. The van der Waals surface area contributed by atoms with Gasteiger partial charge in [-0.15, -0.1) is 11.3 Å². The van der Waals surface area contributed by atoms with Gasteiger partial charge in [-0.05, 0) is 77.9 Å². The summed E-state index contributed by atoms with van der Waals surface area (Å²) >= 11 is 1.65. The summed E-state index contributed by atoms with van der Waals surface area (Å²) in [5, 5.41) is 1.10. The number of hydrogen-bond acceptors (Lipinski definition) is 4. The van der Waals surface area contributed by atoms with Gasteiger partial charge >= 0.3 is 0 Å². The third kappa shape index (κ3) is 3.42. The summed E-state index contributed by atoms with van der Waals surface area (Å²) in [6.45, 7) is 6.52. The second-order valence-electron chi connectivity index (χ2n) is 12.6. The van der Waals surface area contributed by atoms with Crippen molar-refractivity contribution < 1.29 is 9.59 Å². The monoisotopic (exact) mass is 611 g/mol. The Bertz CT molecular complexity index is 2250. The molecule has 0 fully saturated rings. The topological polar surface area (TPSA) is 37.4 Å². The number of ketones is 2. The van der Waals surface area contributed by atoms with E-state index in [4.69, 9.17) is 0 Å². The summed E-state index contributed by atoms with van der Waals surface area (Å²) < 4.78 is 0. The Kier molecular flexibility index (Phi) is 5.63. The average molecular weight is 612 g/mol. The van der Waals surface area contributed by atoms with E-state index in [2.05, 4.69) is 117 Å². The van der Waals surface area contributed by atoms with Crippen molar-refractivity contribution >= 4 is 45.4 Å². The highest BCUT2D eigenvalue weighted by Crippen LogP contribution is 2.65. The number of nitrogens with zero attached hydrogens (tertiary/aromatic N) is 1. The van der Waals surface area contributed by atoms with E-state index in [-0.39, 0.29) is 17.1 Å². The van der Waals surface area contributed by atoms with Gasteiger partial charge in [-0.2, -0.15) is 0 Å². The molecular weight excluding hydrogens is 583 g/mol. The van der Waals surface area contributed by atoms with Crippen molar-refractivity contribution in [2.45, 2.75) is 26.2 Å². The van der Waals surface area contributed by atoms with Crippen molar-refractivity contribution in [1.82, 2.24) is 0 Å². The van der Waals surface area contributed by atoms with Crippen molar-refractivity contribution in [2.75, 3.05) is 4.90 Å². The molecule has 0 amide bonds. The number of Topliss-reactive ketones (excluding diaryl/α,β-unsaturated/α-hetero) is 2. The predicted octanol–water partition coefficient (Wildman–Crippen LogP) is 10.3. The molecule has 0 atom stereocenters. The molecule has 6 aromatic rings. The molecule has 1 aliphatic heterocycles. The number of para-hydroxylation sites is 1. The first-order valence-corrected chi connectivity index (χ1v) is 16.4.